The molecule has 2 heterocycles. The molecule has 224 valence electrons. The molecule has 2 N–H and O–H groups in total. The van der Waals surface area contributed by atoms with Gasteiger partial charge in [-0.2, -0.15) is 13.2 Å². The van der Waals surface area contributed by atoms with Gasteiger partial charge in [-0.3, -0.25) is 9.59 Å². The summed E-state index contributed by atoms with van der Waals surface area (Å²) in [4.78, 5) is 29.8. The van der Waals surface area contributed by atoms with Gasteiger partial charge in [0.25, 0.3) is 18.2 Å². The number of carbonyl (C=O) groups is 2. The molecule has 0 unspecified atom stereocenters. The number of aryl methyl sites for hydroxylation is 1. The summed E-state index contributed by atoms with van der Waals surface area (Å²) < 4.78 is 70.3. The molecule has 0 aliphatic rings. The monoisotopic (exact) mass is 668 g/mol. The maximum atomic E-state index is 12.8. The first-order chi connectivity index (χ1) is 19.7. The Hall–Kier alpha value is -3.13. The first-order valence-corrected chi connectivity index (χ1v) is 14.0. The lowest BCUT2D eigenvalue weighted by Crippen LogP contribution is -2.34. The highest BCUT2D eigenvalue weighted by Gasteiger charge is 2.29. The summed E-state index contributed by atoms with van der Waals surface area (Å²) in [5.74, 6) is -1.50. The number of alkyl halides is 5. The first-order valence-electron chi connectivity index (χ1n) is 12.0. The van der Waals surface area contributed by atoms with Gasteiger partial charge in [-0.05, 0) is 34.7 Å². The molecule has 42 heavy (non-hydrogen) atoms. The Morgan fingerprint density at radius 1 is 1.07 bits per heavy atom. The van der Waals surface area contributed by atoms with Gasteiger partial charge in [-0.15, -0.1) is 11.3 Å². The largest absolute Gasteiger partial charge is 0.487 e. The fraction of sp³-hybridized carbons (Fsp3) is 0.269. The maximum Gasteiger partial charge on any atom is 0.405 e. The van der Waals surface area contributed by atoms with Gasteiger partial charge in [0.15, 0.2) is 0 Å². The number of ether oxygens (including phenoxy) is 1. The van der Waals surface area contributed by atoms with Crippen LogP contribution in [-0.4, -0.2) is 47.1 Å². The van der Waals surface area contributed by atoms with E-state index >= 15 is 0 Å². The van der Waals surface area contributed by atoms with Crippen molar-refractivity contribution in [3.05, 3.63) is 78.2 Å². The molecule has 2 aromatic carbocycles. The number of halogens is 8. The van der Waals surface area contributed by atoms with Gasteiger partial charge < -0.3 is 19.9 Å². The second-order valence-electron chi connectivity index (χ2n) is 8.88. The molecule has 0 saturated carbocycles. The number of hydrogen-bond acceptors (Lipinski definition) is 5. The summed E-state index contributed by atoms with van der Waals surface area (Å²) in [7, 11) is 1.61. The highest BCUT2D eigenvalue weighted by atomic mass is 35.5. The fourth-order valence-electron chi connectivity index (χ4n) is 3.97. The van der Waals surface area contributed by atoms with Crippen LogP contribution in [0.5, 0.6) is 5.75 Å². The minimum atomic E-state index is -4.69. The zero-order chi connectivity index (χ0) is 30.8. The molecule has 0 bridgehead atoms. The molecule has 0 aliphatic carbocycles. The normalized spacial score (nSPS) is 11.8. The van der Waals surface area contributed by atoms with E-state index in [0.29, 0.717) is 37.4 Å². The molecule has 7 nitrogen and oxygen atoms in total. The van der Waals surface area contributed by atoms with E-state index in [1.54, 1.807) is 40.5 Å². The predicted molar refractivity (Wildman–Crippen MR) is 150 cm³/mol. The van der Waals surface area contributed by atoms with E-state index in [0.717, 1.165) is 6.07 Å². The van der Waals surface area contributed by atoms with E-state index in [1.807, 2.05) is 0 Å². The quantitative estimate of drug-likeness (QED) is 0.177. The minimum absolute atomic E-state index is 0.0693. The van der Waals surface area contributed by atoms with Crippen molar-refractivity contribution in [1.82, 2.24) is 20.2 Å². The number of nitrogens with zero attached hydrogens (tertiary/aromatic N) is 2. The smallest absolute Gasteiger partial charge is 0.405 e. The fourth-order valence-corrected chi connectivity index (χ4v) is 5.60. The van der Waals surface area contributed by atoms with Crippen molar-refractivity contribution in [1.29, 1.82) is 0 Å². The number of imidazole rings is 1. The van der Waals surface area contributed by atoms with Crippen LogP contribution in [0.15, 0.2) is 35.7 Å². The standard InChI is InChI=1S/C26H20Cl3F5N4O3S/c1-38-18-8-19(41-10-20(30)31)14(24(39)36-11-26(32,33)34)6-17(18)37-21(38)7-13-15(27)3-2-12(22(13)29)9-35-25(40)23-16(28)4-5-42-23/h2-6,8,20H,7,9-11H2,1H3,(H,35,40)(H,36,39). The molecule has 0 radical (unpaired) electrons. The van der Waals surface area contributed by atoms with E-state index in [4.69, 9.17) is 39.5 Å². The Bertz CT molecular complexity index is 1640. The van der Waals surface area contributed by atoms with E-state index < -0.39 is 37.2 Å². The van der Waals surface area contributed by atoms with Crippen LogP contribution in [0.25, 0.3) is 11.0 Å². The third-order valence-corrected chi connectivity index (χ3v) is 8.16. The summed E-state index contributed by atoms with van der Waals surface area (Å²) in [6.45, 7) is -2.64. The van der Waals surface area contributed by atoms with E-state index in [9.17, 15) is 31.5 Å². The highest BCUT2D eigenvalue weighted by molar-refractivity contribution is 7.12. The molecule has 2 amide bonds. The number of rotatable bonds is 10. The zero-order valence-electron chi connectivity index (χ0n) is 21.4. The number of hydrogen-bond donors (Lipinski definition) is 2. The Morgan fingerprint density at radius 3 is 2.45 bits per heavy atom. The average Bonchev–Trinajstić information content (AvgIpc) is 3.49. The summed E-state index contributed by atoms with van der Waals surface area (Å²) in [5.41, 5.74) is 1.18. The number of benzene rings is 2. The van der Waals surface area contributed by atoms with Crippen molar-refractivity contribution in [3.63, 3.8) is 0 Å². The number of amides is 2. The van der Waals surface area contributed by atoms with Gasteiger partial charge in [-0.25, -0.2) is 13.8 Å². The molecule has 0 spiro atoms. The SMILES string of the molecule is Cn1c(Cc2c(Cl)ccc(CNC(=O)c3sccc3Cl)c2Cl)nc2cc(C(=O)NCC(F)(F)F)c(OCC(F)F)cc21. The topological polar surface area (TPSA) is 85.2 Å². The molecule has 4 rings (SSSR count). The predicted octanol–water partition coefficient (Wildman–Crippen LogP) is 7.05. The Labute approximate surface area is 254 Å². The van der Waals surface area contributed by atoms with Gasteiger partial charge >= 0.3 is 6.18 Å². The van der Waals surface area contributed by atoms with Crippen molar-refractivity contribution in [2.75, 3.05) is 13.2 Å². The summed E-state index contributed by atoms with van der Waals surface area (Å²) in [6, 6.07) is 7.28. The number of aromatic nitrogens is 2. The third-order valence-electron chi connectivity index (χ3n) is 6.00. The number of nitrogens with one attached hydrogen (secondary N) is 2. The van der Waals surface area contributed by atoms with Crippen LogP contribution < -0.4 is 15.4 Å². The molecule has 2 aromatic heterocycles. The lowest BCUT2D eigenvalue weighted by Gasteiger charge is -2.13. The van der Waals surface area contributed by atoms with Crippen LogP contribution >= 0.6 is 46.1 Å². The number of fused-ring (bicyclic) bond motifs is 1. The third kappa shape index (κ3) is 7.44. The second kappa shape index (κ2) is 13.0. The van der Waals surface area contributed by atoms with Gasteiger partial charge in [-0.1, -0.05) is 40.9 Å². The zero-order valence-corrected chi connectivity index (χ0v) is 24.5. The first kappa shape index (κ1) is 31.8. The second-order valence-corrected chi connectivity index (χ2v) is 11.0. The number of thiophene rings is 1. The summed E-state index contributed by atoms with van der Waals surface area (Å²) >= 11 is 20.3. The summed E-state index contributed by atoms with van der Waals surface area (Å²) in [6.07, 6.45) is -7.50. The van der Waals surface area contributed by atoms with E-state index in [-0.39, 0.29) is 35.2 Å². The molecule has 0 saturated heterocycles. The van der Waals surface area contributed by atoms with Crippen molar-refractivity contribution in [2.45, 2.75) is 25.6 Å². The van der Waals surface area contributed by atoms with Crippen LogP contribution in [-0.2, 0) is 20.0 Å². The lowest BCUT2D eigenvalue weighted by atomic mass is 10.1. The van der Waals surface area contributed by atoms with Crippen LogP contribution in [0.4, 0.5) is 22.0 Å². The molecule has 0 fully saturated rings. The van der Waals surface area contributed by atoms with E-state index in [1.165, 1.54) is 17.4 Å². The minimum Gasteiger partial charge on any atom is -0.487 e. The van der Waals surface area contributed by atoms with Gasteiger partial charge in [0.1, 0.15) is 29.6 Å². The van der Waals surface area contributed by atoms with Gasteiger partial charge in [0.05, 0.1) is 26.6 Å². The van der Waals surface area contributed by atoms with Gasteiger partial charge in [0, 0.05) is 31.1 Å². The molecular formula is C26H20Cl3F5N4O3S. The Balaban J connectivity index is 1.64. The van der Waals surface area contributed by atoms with Crippen LogP contribution in [0.3, 0.4) is 0 Å². The van der Waals surface area contributed by atoms with Crippen molar-refractivity contribution in [3.8, 4) is 5.75 Å². The van der Waals surface area contributed by atoms with E-state index in [2.05, 4.69) is 10.3 Å². The lowest BCUT2D eigenvalue weighted by molar-refractivity contribution is -0.123. The maximum absolute atomic E-state index is 12.8. The molecular weight excluding hydrogens is 650 g/mol. The average molecular weight is 670 g/mol. The highest BCUT2D eigenvalue weighted by Crippen LogP contribution is 2.33. The van der Waals surface area contributed by atoms with Crippen molar-refractivity contribution < 1.29 is 36.3 Å². The van der Waals surface area contributed by atoms with Crippen LogP contribution in [0, 0.1) is 0 Å². The molecule has 16 heteroatoms. The Morgan fingerprint density at radius 2 is 1.81 bits per heavy atom. The Kier molecular flexibility index (Phi) is 9.86. The summed E-state index contributed by atoms with van der Waals surface area (Å²) in [5, 5.41) is 7.04. The molecule has 0 atom stereocenters. The van der Waals surface area contributed by atoms with Gasteiger partial charge in [0.2, 0.25) is 0 Å². The van der Waals surface area contributed by atoms with Crippen LogP contribution in [0.1, 0.15) is 37.0 Å². The molecule has 0 aliphatic heterocycles. The molecule has 4 aromatic rings. The van der Waals surface area contributed by atoms with Crippen LogP contribution in [0.2, 0.25) is 15.1 Å². The van der Waals surface area contributed by atoms with Crippen molar-refractivity contribution in [2.24, 2.45) is 7.05 Å². The number of carbonyl (C=O) groups excluding carboxylic acids is 2. The van der Waals surface area contributed by atoms with Crippen molar-refractivity contribution >= 4 is 69.0 Å².